The molecule has 0 atom stereocenters. The highest BCUT2D eigenvalue weighted by Gasteiger charge is 2.35. The van der Waals surface area contributed by atoms with Gasteiger partial charge >= 0.3 is 0 Å². The summed E-state index contributed by atoms with van der Waals surface area (Å²) in [5.41, 5.74) is 19.6. The number of aryl methyl sites for hydroxylation is 4. The van der Waals surface area contributed by atoms with E-state index in [1.807, 2.05) is 55.4 Å². The number of rotatable bonds is 0. The third-order valence-corrected chi connectivity index (χ3v) is 7.67. The molecule has 0 spiro atoms. The van der Waals surface area contributed by atoms with Crippen molar-refractivity contribution in [1.29, 1.82) is 0 Å². The monoisotopic (exact) mass is 830 g/mol. The van der Waals surface area contributed by atoms with Gasteiger partial charge in [0.05, 0.1) is 0 Å². The lowest BCUT2D eigenvalue weighted by atomic mass is 9.81. The molecule has 0 bridgehead atoms. The normalized spacial score (nSPS) is 11.5. The summed E-state index contributed by atoms with van der Waals surface area (Å²) in [6.07, 6.45) is 0. The Kier molecular flexibility index (Phi) is 20.2. The summed E-state index contributed by atoms with van der Waals surface area (Å²) >= 11 is 4.24. The van der Waals surface area contributed by atoms with Gasteiger partial charge in [-0.3, -0.25) is 0 Å². The number of allylic oxidation sites excluding steroid dienone is 1. The van der Waals surface area contributed by atoms with E-state index in [-0.39, 0.29) is 5.41 Å². The van der Waals surface area contributed by atoms with Crippen LogP contribution in [0.3, 0.4) is 0 Å². The summed E-state index contributed by atoms with van der Waals surface area (Å²) < 4.78 is 0. The predicted molar refractivity (Wildman–Crippen MR) is 226 cm³/mol. The number of hydrogen-bond acceptors (Lipinski definition) is 0. The molecule has 0 amide bonds. The molecule has 0 N–H and O–H groups in total. The Morgan fingerprint density at radius 1 is 0.422 bits per heavy atom. The van der Waals surface area contributed by atoms with Crippen LogP contribution >= 0.6 is 37.2 Å². The number of fused-ring (bicyclic) bond motifs is 6. The fourth-order valence-corrected chi connectivity index (χ4v) is 5.85. The van der Waals surface area contributed by atoms with Crippen molar-refractivity contribution in [2.24, 2.45) is 0 Å². The van der Waals surface area contributed by atoms with Gasteiger partial charge in [0.25, 0.3) is 0 Å². The minimum absolute atomic E-state index is 0.142. The second-order valence-corrected chi connectivity index (χ2v) is 11.2. The standard InChI is InChI=1S/C18H18.C17H18.4C2H6.I2/c1-11(2)18-16-9-12(3)5-7-14(16)15-8-6-13(4)10-17(15)18;1-11-5-7-13-14-8-6-12(2)10-16(14)17(3,4)15(13)9-11;5*1-2/h5-10H,1-4H3;5-10H,1-4H3;4*1-2H3;. The van der Waals surface area contributed by atoms with Crippen LogP contribution in [0.5, 0.6) is 0 Å². The van der Waals surface area contributed by atoms with Crippen LogP contribution in [0.4, 0.5) is 0 Å². The summed E-state index contributed by atoms with van der Waals surface area (Å²) in [6, 6.07) is 27.2. The van der Waals surface area contributed by atoms with Crippen LogP contribution in [0.1, 0.15) is 128 Å². The van der Waals surface area contributed by atoms with Gasteiger partial charge in [-0.1, -0.05) is 170 Å². The highest BCUT2D eigenvalue weighted by molar-refractivity contribution is 15.0. The van der Waals surface area contributed by atoms with Gasteiger partial charge < -0.3 is 0 Å². The molecule has 2 aliphatic rings. The number of benzene rings is 4. The summed E-state index contributed by atoms with van der Waals surface area (Å²) in [4.78, 5) is 0. The molecule has 246 valence electrons. The van der Waals surface area contributed by atoms with Crippen LogP contribution in [0.2, 0.25) is 0 Å². The van der Waals surface area contributed by atoms with E-state index in [1.165, 1.54) is 77.9 Å². The molecule has 2 heteroatoms. The Morgan fingerprint density at radius 3 is 0.978 bits per heavy atom. The van der Waals surface area contributed by atoms with E-state index in [0.29, 0.717) is 0 Å². The fourth-order valence-electron chi connectivity index (χ4n) is 5.85. The van der Waals surface area contributed by atoms with Crippen molar-refractivity contribution in [3.8, 4) is 22.3 Å². The minimum Gasteiger partial charge on any atom is -0.0683 e. The zero-order valence-corrected chi connectivity index (χ0v) is 35.5. The molecule has 4 aromatic carbocycles. The van der Waals surface area contributed by atoms with Crippen molar-refractivity contribution in [3.05, 3.63) is 123 Å². The predicted octanol–water partition coefficient (Wildman–Crippen LogP) is 15.6. The molecule has 4 aromatic rings. The lowest BCUT2D eigenvalue weighted by Crippen LogP contribution is -2.15. The zero-order chi connectivity index (χ0) is 35.1. The van der Waals surface area contributed by atoms with Crippen LogP contribution in [-0.2, 0) is 5.41 Å². The molecule has 0 radical (unpaired) electrons. The number of hydrogen-bond donors (Lipinski definition) is 0. The fraction of sp³-hybridized carbons (Fsp3) is 0.395. The highest BCUT2D eigenvalue weighted by Crippen LogP contribution is 2.49. The van der Waals surface area contributed by atoms with Gasteiger partial charge in [0.15, 0.2) is 0 Å². The Morgan fingerprint density at radius 2 is 0.689 bits per heavy atom. The molecule has 0 aliphatic heterocycles. The van der Waals surface area contributed by atoms with Crippen molar-refractivity contribution in [3.63, 3.8) is 0 Å². The third-order valence-electron chi connectivity index (χ3n) is 7.67. The molecule has 45 heavy (non-hydrogen) atoms. The van der Waals surface area contributed by atoms with Crippen LogP contribution in [0, 0.1) is 27.7 Å². The first-order chi connectivity index (χ1) is 21.6. The third kappa shape index (κ3) is 10.0. The van der Waals surface area contributed by atoms with Crippen molar-refractivity contribution >= 4 is 42.8 Å². The quantitative estimate of drug-likeness (QED) is 0.136. The van der Waals surface area contributed by atoms with Gasteiger partial charge in [-0.15, -0.1) is 0 Å². The Labute approximate surface area is 301 Å². The average Bonchev–Trinajstić information content (AvgIpc) is 3.49. The molecule has 2 aliphatic carbocycles. The molecule has 0 fully saturated rings. The smallest absolute Gasteiger partial charge is 0.0159 e. The molecule has 0 saturated carbocycles. The van der Waals surface area contributed by atoms with Crippen LogP contribution in [0.25, 0.3) is 27.8 Å². The molecule has 0 saturated heterocycles. The second kappa shape index (κ2) is 21.1. The van der Waals surface area contributed by atoms with Crippen molar-refractivity contribution < 1.29 is 0 Å². The van der Waals surface area contributed by atoms with Gasteiger partial charge in [0, 0.05) is 42.6 Å². The van der Waals surface area contributed by atoms with E-state index in [4.69, 9.17) is 0 Å². The maximum absolute atomic E-state index is 2.34. The van der Waals surface area contributed by atoms with Crippen molar-refractivity contribution in [2.75, 3.05) is 0 Å². The summed E-state index contributed by atoms with van der Waals surface area (Å²) in [5, 5.41) is 0. The Bertz CT molecular complexity index is 1410. The molecule has 0 heterocycles. The van der Waals surface area contributed by atoms with Crippen molar-refractivity contribution in [1.82, 2.24) is 0 Å². The molecular weight excluding hydrogens is 770 g/mol. The first-order valence-corrected chi connectivity index (χ1v) is 23.1. The summed E-state index contributed by atoms with van der Waals surface area (Å²) in [6.45, 7) is 33.7. The Hall–Kier alpha value is -1.92. The first-order valence-electron chi connectivity index (χ1n) is 16.8. The van der Waals surface area contributed by atoms with Crippen LogP contribution < -0.4 is 0 Å². The lowest BCUT2D eigenvalue weighted by molar-refractivity contribution is 0.659. The maximum atomic E-state index is 2.34. The van der Waals surface area contributed by atoms with Crippen LogP contribution in [0.15, 0.2) is 78.4 Å². The van der Waals surface area contributed by atoms with Gasteiger partial charge in [-0.2, -0.15) is 0 Å². The minimum atomic E-state index is 0.142. The van der Waals surface area contributed by atoms with Gasteiger partial charge in [0.1, 0.15) is 0 Å². The lowest BCUT2D eigenvalue weighted by Gasteiger charge is -2.22. The van der Waals surface area contributed by atoms with E-state index in [2.05, 4.69) is 165 Å². The number of halogens is 2. The topological polar surface area (TPSA) is 0 Å². The summed E-state index contributed by atoms with van der Waals surface area (Å²) in [5.74, 6) is 0. The SMILES string of the molecule is CC.CC.CC.CC.CC(C)=C1c2cc(C)ccc2-c2ccc(C)cc21.Cc1ccc2c(c1)C(C)(C)c1cc(C)ccc1-2.II. The highest BCUT2D eigenvalue weighted by atomic mass is 128. The van der Waals surface area contributed by atoms with Crippen LogP contribution in [-0.4, -0.2) is 0 Å². The molecular formula is C43H60I2. The van der Waals surface area contributed by atoms with Gasteiger partial charge in [0.2, 0.25) is 0 Å². The summed E-state index contributed by atoms with van der Waals surface area (Å²) in [7, 11) is 0. The Balaban J connectivity index is 0.000000676. The average molecular weight is 831 g/mol. The maximum Gasteiger partial charge on any atom is 0.0159 e. The van der Waals surface area contributed by atoms with Gasteiger partial charge in [-0.05, 0) is 91.6 Å². The second-order valence-electron chi connectivity index (χ2n) is 11.2. The largest absolute Gasteiger partial charge is 0.0683 e. The van der Waals surface area contributed by atoms with E-state index < -0.39 is 0 Å². The van der Waals surface area contributed by atoms with Crippen molar-refractivity contribution in [2.45, 2.75) is 116 Å². The van der Waals surface area contributed by atoms with Gasteiger partial charge in [-0.25, -0.2) is 0 Å². The zero-order valence-electron chi connectivity index (χ0n) is 31.2. The van der Waals surface area contributed by atoms with E-state index in [0.717, 1.165) is 0 Å². The molecule has 6 rings (SSSR count). The molecule has 0 unspecified atom stereocenters. The molecule has 0 aromatic heterocycles. The first kappa shape index (κ1) is 43.1. The van der Waals surface area contributed by atoms with E-state index in [9.17, 15) is 0 Å². The van der Waals surface area contributed by atoms with E-state index >= 15 is 0 Å². The van der Waals surface area contributed by atoms with E-state index in [1.54, 1.807) is 0 Å². The molecule has 0 nitrogen and oxygen atoms in total.